The molecule has 0 amide bonds. The molecule has 0 bridgehead atoms. The minimum absolute atomic E-state index is 0.748. The van der Waals surface area contributed by atoms with Crippen molar-refractivity contribution in [3.63, 3.8) is 0 Å². The van der Waals surface area contributed by atoms with Crippen LogP contribution in [0.15, 0.2) is 18.2 Å². The molecule has 1 aromatic rings. The van der Waals surface area contributed by atoms with Gasteiger partial charge in [-0.1, -0.05) is 43.9 Å². The van der Waals surface area contributed by atoms with Gasteiger partial charge >= 0.3 is 0 Å². The Hall–Kier alpha value is -1.02. The molecule has 0 saturated heterocycles. The molecule has 106 valence electrons. The molecule has 1 aliphatic carbocycles. The molecule has 2 heteroatoms. The summed E-state index contributed by atoms with van der Waals surface area (Å²) in [6.45, 7) is 6.17. The maximum Gasteiger partial charge on any atom is 0.123 e. The lowest BCUT2D eigenvalue weighted by Gasteiger charge is -2.13. The zero-order valence-corrected chi connectivity index (χ0v) is 12.4. The first-order valence-corrected chi connectivity index (χ1v) is 7.75. The Balaban J connectivity index is 1.82. The molecule has 2 rings (SSSR count). The monoisotopic (exact) mass is 261 g/mol. The van der Waals surface area contributed by atoms with Crippen LogP contribution in [0.5, 0.6) is 5.75 Å². The zero-order valence-electron chi connectivity index (χ0n) is 12.4. The summed E-state index contributed by atoms with van der Waals surface area (Å²) < 4.78 is 5.95. The number of rotatable bonds is 9. The van der Waals surface area contributed by atoms with Gasteiger partial charge in [-0.2, -0.15) is 0 Å². The Bertz CT molecular complexity index is 385. The van der Waals surface area contributed by atoms with Crippen LogP contribution in [0.3, 0.4) is 0 Å². The second kappa shape index (κ2) is 7.54. The van der Waals surface area contributed by atoms with Gasteiger partial charge < -0.3 is 10.1 Å². The minimum Gasteiger partial charge on any atom is -0.493 e. The number of ether oxygens (including phenoxy) is 1. The Morgan fingerprint density at radius 2 is 2.05 bits per heavy atom. The van der Waals surface area contributed by atoms with Gasteiger partial charge in [0.2, 0.25) is 0 Å². The van der Waals surface area contributed by atoms with Gasteiger partial charge in [0, 0.05) is 18.2 Å². The van der Waals surface area contributed by atoms with Crippen molar-refractivity contribution in [1.82, 2.24) is 5.32 Å². The molecule has 1 saturated carbocycles. The van der Waals surface area contributed by atoms with E-state index in [1.807, 2.05) is 0 Å². The van der Waals surface area contributed by atoms with Crippen molar-refractivity contribution < 1.29 is 4.74 Å². The van der Waals surface area contributed by atoms with Crippen molar-refractivity contribution in [2.24, 2.45) is 0 Å². The molecule has 0 spiro atoms. The molecule has 1 aromatic carbocycles. The first-order valence-electron chi connectivity index (χ1n) is 7.75. The average molecular weight is 261 g/mol. The fourth-order valence-electron chi connectivity index (χ4n) is 2.24. The van der Waals surface area contributed by atoms with Gasteiger partial charge in [0.15, 0.2) is 0 Å². The number of hydrogen-bond donors (Lipinski definition) is 1. The van der Waals surface area contributed by atoms with Crippen molar-refractivity contribution in [1.29, 1.82) is 0 Å². The van der Waals surface area contributed by atoms with Gasteiger partial charge in [-0.05, 0) is 32.3 Å². The summed E-state index contributed by atoms with van der Waals surface area (Å²) in [6.07, 6.45) is 7.70. The fraction of sp³-hybridized carbons (Fsp3) is 0.647. The molecule has 1 N–H and O–H groups in total. The van der Waals surface area contributed by atoms with Crippen LogP contribution in [0.25, 0.3) is 0 Å². The van der Waals surface area contributed by atoms with Crippen molar-refractivity contribution in [3.05, 3.63) is 29.3 Å². The first-order chi connectivity index (χ1) is 9.29. The summed E-state index contributed by atoms with van der Waals surface area (Å²) >= 11 is 0. The van der Waals surface area contributed by atoms with E-state index in [4.69, 9.17) is 4.74 Å². The summed E-state index contributed by atoms with van der Waals surface area (Å²) in [5.74, 6) is 1.07. The predicted octanol–water partition coefficient (Wildman–Crippen LogP) is 4.21. The van der Waals surface area contributed by atoms with E-state index in [1.54, 1.807) is 0 Å². The van der Waals surface area contributed by atoms with Crippen LogP contribution < -0.4 is 10.1 Å². The van der Waals surface area contributed by atoms with Crippen molar-refractivity contribution in [2.75, 3.05) is 6.61 Å². The molecule has 0 heterocycles. The summed E-state index contributed by atoms with van der Waals surface area (Å²) in [7, 11) is 0. The highest BCUT2D eigenvalue weighted by Gasteiger charge is 2.20. The Labute approximate surface area is 117 Å². The molecule has 0 atom stereocenters. The van der Waals surface area contributed by atoms with Crippen LogP contribution in [-0.4, -0.2) is 12.6 Å². The van der Waals surface area contributed by atoms with Gasteiger partial charge in [-0.15, -0.1) is 0 Å². The molecule has 19 heavy (non-hydrogen) atoms. The zero-order chi connectivity index (χ0) is 13.5. The molecule has 2 nitrogen and oxygen atoms in total. The van der Waals surface area contributed by atoms with E-state index in [1.165, 1.54) is 43.2 Å². The second-order valence-electron chi connectivity index (χ2n) is 5.68. The van der Waals surface area contributed by atoms with Gasteiger partial charge in [-0.25, -0.2) is 0 Å². The standard InChI is InChI=1S/C17H27NO/c1-3-4-5-6-11-19-17-10-7-14(2)12-15(17)13-18-16-8-9-16/h7,10,12,16,18H,3-6,8-9,11,13H2,1-2H3. The molecular formula is C17H27NO. The van der Waals surface area contributed by atoms with Crippen LogP contribution >= 0.6 is 0 Å². The highest BCUT2D eigenvalue weighted by atomic mass is 16.5. The van der Waals surface area contributed by atoms with Crippen molar-refractivity contribution in [2.45, 2.75) is 65.0 Å². The lowest BCUT2D eigenvalue weighted by Crippen LogP contribution is -2.16. The van der Waals surface area contributed by atoms with E-state index in [0.717, 1.165) is 31.4 Å². The average Bonchev–Trinajstić information content (AvgIpc) is 3.22. The second-order valence-corrected chi connectivity index (χ2v) is 5.68. The topological polar surface area (TPSA) is 21.3 Å². The quantitative estimate of drug-likeness (QED) is 0.672. The lowest BCUT2D eigenvalue weighted by molar-refractivity contribution is 0.301. The molecule has 0 aliphatic heterocycles. The van der Waals surface area contributed by atoms with E-state index in [-0.39, 0.29) is 0 Å². The molecule has 1 fully saturated rings. The van der Waals surface area contributed by atoms with Crippen molar-refractivity contribution >= 4 is 0 Å². The molecule has 0 aromatic heterocycles. The summed E-state index contributed by atoms with van der Waals surface area (Å²) in [5.41, 5.74) is 2.62. The van der Waals surface area contributed by atoms with Gasteiger partial charge in [-0.3, -0.25) is 0 Å². The third-order valence-electron chi connectivity index (χ3n) is 3.63. The smallest absolute Gasteiger partial charge is 0.123 e. The highest BCUT2D eigenvalue weighted by Crippen LogP contribution is 2.24. The van der Waals surface area contributed by atoms with Gasteiger partial charge in [0.25, 0.3) is 0 Å². The van der Waals surface area contributed by atoms with Crippen LogP contribution in [0, 0.1) is 6.92 Å². The highest BCUT2D eigenvalue weighted by molar-refractivity contribution is 5.37. The molecule has 0 radical (unpaired) electrons. The first kappa shape index (κ1) is 14.4. The third kappa shape index (κ3) is 5.23. The van der Waals surface area contributed by atoms with Crippen LogP contribution in [0.4, 0.5) is 0 Å². The number of benzene rings is 1. The van der Waals surface area contributed by atoms with E-state index in [0.29, 0.717) is 0 Å². The van der Waals surface area contributed by atoms with Crippen LogP contribution in [0.2, 0.25) is 0 Å². The summed E-state index contributed by atoms with van der Waals surface area (Å²) in [5, 5.41) is 3.57. The maximum atomic E-state index is 5.95. The normalized spacial score (nSPS) is 14.6. The van der Waals surface area contributed by atoms with E-state index in [2.05, 4.69) is 37.4 Å². The van der Waals surface area contributed by atoms with Crippen LogP contribution in [0.1, 0.15) is 56.6 Å². The maximum absolute atomic E-state index is 5.95. The van der Waals surface area contributed by atoms with Crippen molar-refractivity contribution in [3.8, 4) is 5.75 Å². The van der Waals surface area contributed by atoms with Crippen LogP contribution in [-0.2, 0) is 6.54 Å². The largest absolute Gasteiger partial charge is 0.493 e. The number of nitrogens with one attached hydrogen (secondary N) is 1. The van der Waals surface area contributed by atoms with E-state index < -0.39 is 0 Å². The SMILES string of the molecule is CCCCCCOc1ccc(C)cc1CNC1CC1. The van der Waals surface area contributed by atoms with Gasteiger partial charge in [0.05, 0.1) is 6.61 Å². The van der Waals surface area contributed by atoms with E-state index in [9.17, 15) is 0 Å². The minimum atomic E-state index is 0.748. The molecular weight excluding hydrogens is 234 g/mol. The lowest BCUT2D eigenvalue weighted by atomic mass is 10.1. The Morgan fingerprint density at radius 1 is 1.21 bits per heavy atom. The Morgan fingerprint density at radius 3 is 2.79 bits per heavy atom. The number of aryl methyl sites for hydroxylation is 1. The predicted molar refractivity (Wildman–Crippen MR) is 80.7 cm³/mol. The van der Waals surface area contributed by atoms with Gasteiger partial charge in [0.1, 0.15) is 5.75 Å². The summed E-state index contributed by atoms with van der Waals surface area (Å²) in [6, 6.07) is 7.26. The number of hydrogen-bond acceptors (Lipinski definition) is 2. The molecule has 1 aliphatic rings. The number of unbranched alkanes of at least 4 members (excludes halogenated alkanes) is 3. The van der Waals surface area contributed by atoms with E-state index >= 15 is 0 Å². The third-order valence-corrected chi connectivity index (χ3v) is 3.63. The Kier molecular flexibility index (Phi) is 5.71. The molecule has 0 unspecified atom stereocenters. The fourth-order valence-corrected chi connectivity index (χ4v) is 2.24. The summed E-state index contributed by atoms with van der Waals surface area (Å²) in [4.78, 5) is 0.